The smallest absolute Gasteiger partial charge is 0.403 e. The van der Waals surface area contributed by atoms with Crippen LogP contribution in [0.1, 0.15) is 58.8 Å². The van der Waals surface area contributed by atoms with Gasteiger partial charge < -0.3 is 4.43 Å². The lowest BCUT2D eigenvalue weighted by Gasteiger charge is -2.59. The van der Waals surface area contributed by atoms with E-state index >= 15 is 0 Å². The maximum atomic E-state index is 14.8. The number of allylic oxidation sites excluding steroid dienone is 1. The molecule has 182 valence electrons. The Morgan fingerprint density at radius 3 is 2.34 bits per heavy atom. The molecule has 1 nitrogen and oxygen atoms in total. The molecule has 1 spiro atoms. The largest absolute Gasteiger partial charge is 0.416 e. The lowest BCUT2D eigenvalue weighted by Crippen LogP contribution is -2.63. The van der Waals surface area contributed by atoms with Crippen molar-refractivity contribution in [3.8, 4) is 0 Å². The SMILES string of the molecule is C[C@@H]1CC2=CC3(CC[C@@H]2[C@H]2CC[C@@]4(C)[C@@H](CC[C@@]4(O[Si](C)(C)C)C(F)(F)F)[C@@H]21)SCCS3. The van der Waals surface area contributed by atoms with Crippen molar-refractivity contribution in [2.75, 3.05) is 11.5 Å². The monoisotopic (exact) mass is 504 g/mol. The average Bonchev–Trinajstić information content (AvgIpc) is 3.23. The first-order valence-electron chi connectivity index (χ1n) is 12.6. The molecule has 7 heteroatoms. The summed E-state index contributed by atoms with van der Waals surface area (Å²) in [6.45, 7) is 10.0. The van der Waals surface area contributed by atoms with Gasteiger partial charge in [-0.25, -0.2) is 0 Å². The van der Waals surface area contributed by atoms with E-state index in [4.69, 9.17) is 4.43 Å². The van der Waals surface area contributed by atoms with Crippen LogP contribution in [0.5, 0.6) is 0 Å². The van der Waals surface area contributed by atoms with E-state index in [2.05, 4.69) is 36.5 Å². The zero-order valence-corrected chi connectivity index (χ0v) is 22.8. The van der Waals surface area contributed by atoms with Crippen molar-refractivity contribution in [2.45, 2.75) is 94.3 Å². The van der Waals surface area contributed by atoms with Gasteiger partial charge in [0.2, 0.25) is 0 Å². The lowest BCUT2D eigenvalue weighted by molar-refractivity contribution is -0.295. The number of fused-ring (bicyclic) bond motifs is 5. The van der Waals surface area contributed by atoms with E-state index in [9.17, 15) is 13.2 Å². The molecule has 0 radical (unpaired) electrons. The van der Waals surface area contributed by atoms with Crippen molar-refractivity contribution >= 4 is 31.8 Å². The van der Waals surface area contributed by atoms with Crippen LogP contribution in [0.4, 0.5) is 13.2 Å². The highest BCUT2D eigenvalue weighted by atomic mass is 32.2. The first-order valence-corrected chi connectivity index (χ1v) is 18.0. The summed E-state index contributed by atoms with van der Waals surface area (Å²) in [5.74, 6) is 4.66. The Kier molecular flexibility index (Phi) is 5.80. The zero-order chi connectivity index (χ0) is 23.2. The highest BCUT2D eigenvalue weighted by Crippen LogP contribution is 2.70. The Bertz CT molecular complexity index is 787. The topological polar surface area (TPSA) is 9.23 Å². The van der Waals surface area contributed by atoms with Crippen molar-refractivity contribution in [3.05, 3.63) is 11.6 Å². The standard InChI is InChI=1S/C25H39F3OS2Si/c1-16-14-17-15-23(30-12-13-31-23)10-7-18(17)19-6-9-22(2)20(21(16)19)8-11-24(22,25(26,27)28)29-32(3,4)5/h15-16,18-21H,6-14H2,1-5H3/t16-,18+,19-,20+,21-,22+,24+/m1/s1. The summed E-state index contributed by atoms with van der Waals surface area (Å²) in [4.78, 5) is 0. The van der Waals surface area contributed by atoms with Crippen LogP contribution in [0, 0.1) is 35.0 Å². The first kappa shape index (κ1) is 24.1. The average molecular weight is 505 g/mol. The molecule has 3 saturated carbocycles. The molecule has 1 heterocycles. The summed E-state index contributed by atoms with van der Waals surface area (Å²) in [5, 5.41) is 0. The van der Waals surface area contributed by atoms with Crippen molar-refractivity contribution in [3.63, 3.8) is 0 Å². The molecule has 0 unspecified atom stereocenters. The van der Waals surface area contributed by atoms with Gasteiger partial charge in [0.1, 0.15) is 0 Å². The van der Waals surface area contributed by atoms with Gasteiger partial charge in [-0.3, -0.25) is 0 Å². The number of halogens is 3. The predicted octanol–water partition coefficient (Wildman–Crippen LogP) is 8.13. The highest BCUT2D eigenvalue weighted by molar-refractivity contribution is 8.21. The fraction of sp³-hybridized carbons (Fsp3) is 0.920. The predicted molar refractivity (Wildman–Crippen MR) is 132 cm³/mol. The van der Waals surface area contributed by atoms with E-state index in [0.717, 1.165) is 12.8 Å². The van der Waals surface area contributed by atoms with Gasteiger partial charge in [-0.15, -0.1) is 23.5 Å². The molecule has 32 heavy (non-hydrogen) atoms. The summed E-state index contributed by atoms with van der Waals surface area (Å²) in [6.07, 6.45) is 4.30. The normalized spacial score (nSPS) is 45.9. The molecule has 5 aliphatic rings. The van der Waals surface area contributed by atoms with Crippen LogP contribution in [0.25, 0.3) is 0 Å². The van der Waals surface area contributed by atoms with Gasteiger partial charge >= 0.3 is 6.18 Å². The quantitative estimate of drug-likeness (QED) is 0.277. The van der Waals surface area contributed by atoms with E-state index in [-0.39, 0.29) is 12.3 Å². The summed E-state index contributed by atoms with van der Waals surface area (Å²) in [7, 11) is -2.37. The Labute approximate surface area is 201 Å². The van der Waals surface area contributed by atoms with Gasteiger partial charge in [0, 0.05) is 16.9 Å². The van der Waals surface area contributed by atoms with Gasteiger partial charge in [0.05, 0.1) is 4.08 Å². The Hall–Kier alpha value is 0.407. The Morgan fingerprint density at radius 2 is 1.72 bits per heavy atom. The first-order chi connectivity index (χ1) is 14.8. The third-order valence-corrected chi connectivity index (χ3v) is 14.0. The molecular weight excluding hydrogens is 465 g/mol. The molecule has 0 aromatic carbocycles. The molecule has 0 amide bonds. The minimum Gasteiger partial charge on any atom is -0.403 e. The van der Waals surface area contributed by atoms with E-state index < -0.39 is 25.5 Å². The third kappa shape index (κ3) is 3.52. The van der Waals surface area contributed by atoms with Crippen molar-refractivity contribution in [1.82, 2.24) is 0 Å². The second-order valence-electron chi connectivity index (χ2n) is 12.4. The second-order valence-corrected chi connectivity index (χ2v) is 20.0. The molecule has 5 rings (SSSR count). The van der Waals surface area contributed by atoms with E-state index in [1.54, 1.807) is 5.57 Å². The Morgan fingerprint density at radius 1 is 1.03 bits per heavy atom. The molecule has 1 saturated heterocycles. The maximum Gasteiger partial charge on any atom is 0.416 e. The molecule has 7 atom stereocenters. The summed E-state index contributed by atoms with van der Waals surface area (Å²) in [6, 6.07) is 0. The molecule has 4 aliphatic carbocycles. The number of rotatable bonds is 2. The van der Waals surface area contributed by atoms with Crippen LogP contribution < -0.4 is 0 Å². The number of hydrogen-bond donors (Lipinski definition) is 0. The lowest BCUT2D eigenvalue weighted by atomic mass is 9.48. The van der Waals surface area contributed by atoms with Gasteiger partial charge in [0.15, 0.2) is 13.9 Å². The van der Waals surface area contributed by atoms with E-state index in [0.29, 0.717) is 40.6 Å². The summed E-state index contributed by atoms with van der Waals surface area (Å²) in [5.41, 5.74) is -1.10. The minimum atomic E-state index is -4.30. The molecule has 0 aromatic heterocycles. The Balaban J connectivity index is 1.48. The molecular formula is C25H39F3OS2Si. The van der Waals surface area contributed by atoms with Gasteiger partial charge in [-0.1, -0.05) is 25.5 Å². The van der Waals surface area contributed by atoms with Crippen molar-refractivity contribution in [1.29, 1.82) is 0 Å². The third-order valence-electron chi connectivity index (χ3n) is 9.64. The molecule has 4 fully saturated rings. The van der Waals surface area contributed by atoms with Gasteiger partial charge in [-0.2, -0.15) is 13.2 Å². The minimum absolute atomic E-state index is 0.127. The molecule has 0 bridgehead atoms. The second kappa shape index (κ2) is 7.70. The fourth-order valence-electron chi connectivity index (χ4n) is 8.64. The van der Waals surface area contributed by atoms with E-state index in [1.165, 1.54) is 24.3 Å². The van der Waals surface area contributed by atoms with Crippen LogP contribution in [-0.4, -0.2) is 35.7 Å². The van der Waals surface area contributed by atoms with Crippen LogP contribution >= 0.6 is 23.5 Å². The van der Waals surface area contributed by atoms with Crippen molar-refractivity contribution in [2.24, 2.45) is 35.0 Å². The number of alkyl halides is 3. The molecule has 0 aromatic rings. The number of thioether (sulfide) groups is 2. The van der Waals surface area contributed by atoms with Gasteiger partial charge in [-0.05, 0) is 94.2 Å². The number of hydrogen-bond acceptors (Lipinski definition) is 3. The summed E-state index contributed by atoms with van der Waals surface area (Å²) >= 11 is 4.25. The molecule has 1 aliphatic heterocycles. The van der Waals surface area contributed by atoms with Crippen molar-refractivity contribution < 1.29 is 17.6 Å². The van der Waals surface area contributed by atoms with Gasteiger partial charge in [0.25, 0.3) is 0 Å². The highest BCUT2D eigenvalue weighted by Gasteiger charge is 2.74. The van der Waals surface area contributed by atoms with E-state index in [1.807, 2.05) is 26.6 Å². The van der Waals surface area contributed by atoms with Crippen LogP contribution in [0.3, 0.4) is 0 Å². The fourth-order valence-corrected chi connectivity index (χ4v) is 13.3. The van der Waals surface area contributed by atoms with Crippen LogP contribution in [0.15, 0.2) is 11.6 Å². The zero-order valence-electron chi connectivity index (χ0n) is 20.2. The van der Waals surface area contributed by atoms with Crippen LogP contribution in [0.2, 0.25) is 19.6 Å². The maximum absolute atomic E-state index is 14.8. The molecule has 0 N–H and O–H groups in total. The summed E-state index contributed by atoms with van der Waals surface area (Å²) < 4.78 is 50.9. The van der Waals surface area contributed by atoms with Crippen LogP contribution in [-0.2, 0) is 4.43 Å².